The number of primary amides is 1. The number of carbonyl (C=O) groups is 1. The maximum absolute atomic E-state index is 10.9. The van der Waals surface area contributed by atoms with Crippen molar-refractivity contribution in [2.75, 3.05) is 19.8 Å². The van der Waals surface area contributed by atoms with Crippen molar-refractivity contribution in [1.29, 1.82) is 0 Å². The molecule has 2 heterocycles. The lowest BCUT2D eigenvalue weighted by molar-refractivity contribution is 0.0640. The quantitative estimate of drug-likeness (QED) is 0.405. The molecule has 4 atom stereocenters. The van der Waals surface area contributed by atoms with Gasteiger partial charge in [-0.05, 0) is 13.8 Å². The molecule has 2 aliphatic rings. The fourth-order valence-electron chi connectivity index (χ4n) is 1.93. The van der Waals surface area contributed by atoms with Crippen molar-refractivity contribution in [3.63, 3.8) is 0 Å². The number of nitrogens with zero attached hydrogens (tertiary/aromatic N) is 1. The average molecular weight is 286 g/mol. The molecule has 20 heavy (non-hydrogen) atoms. The standard InChI is InChI=1S/C13H22N2O5/c1-8(3-10-5-18-10)17-7-12(15-13(14)16)20-9(2)4-11-6-19-11/h8-11H,3-7H2,1-2H3,(H2,14,16)/b15-12+. The van der Waals surface area contributed by atoms with Crippen LogP contribution in [0.25, 0.3) is 0 Å². The molecule has 0 spiro atoms. The van der Waals surface area contributed by atoms with Crippen LogP contribution in [0.15, 0.2) is 4.99 Å². The number of ether oxygens (including phenoxy) is 4. The van der Waals surface area contributed by atoms with E-state index in [-0.39, 0.29) is 30.8 Å². The Morgan fingerprint density at radius 3 is 2.30 bits per heavy atom. The molecular weight excluding hydrogens is 264 g/mol. The summed E-state index contributed by atoms with van der Waals surface area (Å²) in [6.07, 6.45) is 2.08. The van der Waals surface area contributed by atoms with Crippen LogP contribution in [0.2, 0.25) is 0 Å². The van der Waals surface area contributed by atoms with E-state index in [1.165, 1.54) is 0 Å². The van der Waals surface area contributed by atoms with Crippen LogP contribution in [-0.2, 0) is 18.9 Å². The van der Waals surface area contributed by atoms with E-state index in [1.54, 1.807) is 0 Å². The van der Waals surface area contributed by atoms with Crippen LogP contribution in [0.1, 0.15) is 26.7 Å². The van der Waals surface area contributed by atoms with Gasteiger partial charge < -0.3 is 24.7 Å². The summed E-state index contributed by atoms with van der Waals surface area (Å²) < 4.78 is 21.5. The molecule has 0 aromatic rings. The highest BCUT2D eigenvalue weighted by molar-refractivity contribution is 5.90. The molecule has 0 aromatic heterocycles. The van der Waals surface area contributed by atoms with Crippen LogP contribution in [0, 0.1) is 0 Å². The minimum Gasteiger partial charge on any atom is -0.476 e. The van der Waals surface area contributed by atoms with Crippen molar-refractivity contribution in [2.45, 2.75) is 51.1 Å². The highest BCUT2D eigenvalue weighted by Gasteiger charge is 2.27. The maximum Gasteiger partial charge on any atom is 0.341 e. The Labute approximate surface area is 118 Å². The van der Waals surface area contributed by atoms with Gasteiger partial charge in [0.2, 0.25) is 5.90 Å². The van der Waals surface area contributed by atoms with Gasteiger partial charge in [0.1, 0.15) is 6.61 Å². The Morgan fingerprint density at radius 2 is 1.80 bits per heavy atom. The first-order valence-corrected chi connectivity index (χ1v) is 6.91. The molecule has 0 bridgehead atoms. The van der Waals surface area contributed by atoms with Crippen molar-refractivity contribution in [3.05, 3.63) is 0 Å². The van der Waals surface area contributed by atoms with Crippen molar-refractivity contribution < 1.29 is 23.7 Å². The van der Waals surface area contributed by atoms with E-state index in [0.717, 1.165) is 26.1 Å². The van der Waals surface area contributed by atoms with Gasteiger partial charge in [0.25, 0.3) is 0 Å². The minimum absolute atomic E-state index is 0.0197. The lowest BCUT2D eigenvalue weighted by Gasteiger charge is -2.17. The summed E-state index contributed by atoms with van der Waals surface area (Å²) in [7, 11) is 0. The van der Waals surface area contributed by atoms with Crippen molar-refractivity contribution >= 4 is 11.9 Å². The maximum atomic E-state index is 10.9. The third-order valence-corrected chi connectivity index (χ3v) is 3.06. The summed E-state index contributed by atoms with van der Waals surface area (Å²) in [6.45, 7) is 5.55. The molecule has 0 aliphatic carbocycles. The largest absolute Gasteiger partial charge is 0.476 e. The van der Waals surface area contributed by atoms with Gasteiger partial charge in [-0.1, -0.05) is 0 Å². The zero-order valence-electron chi connectivity index (χ0n) is 11.9. The van der Waals surface area contributed by atoms with Crippen LogP contribution in [0.4, 0.5) is 4.79 Å². The number of amides is 2. The van der Waals surface area contributed by atoms with Crippen LogP contribution >= 0.6 is 0 Å². The average Bonchev–Trinajstić information content (AvgIpc) is 3.21. The predicted molar refractivity (Wildman–Crippen MR) is 71.7 cm³/mol. The van der Waals surface area contributed by atoms with E-state index in [9.17, 15) is 4.79 Å². The lowest BCUT2D eigenvalue weighted by Crippen LogP contribution is -2.25. The van der Waals surface area contributed by atoms with Gasteiger partial charge in [0.15, 0.2) is 0 Å². The van der Waals surface area contributed by atoms with Crippen LogP contribution in [-0.4, -0.2) is 56.2 Å². The van der Waals surface area contributed by atoms with Crippen molar-refractivity contribution in [2.24, 2.45) is 10.7 Å². The summed E-state index contributed by atoms with van der Waals surface area (Å²) >= 11 is 0. The van der Waals surface area contributed by atoms with Gasteiger partial charge >= 0.3 is 6.03 Å². The highest BCUT2D eigenvalue weighted by atomic mass is 16.6. The Bertz CT molecular complexity index is 366. The summed E-state index contributed by atoms with van der Waals surface area (Å²) in [4.78, 5) is 14.6. The molecule has 4 unspecified atom stereocenters. The highest BCUT2D eigenvalue weighted by Crippen LogP contribution is 2.18. The first-order valence-electron chi connectivity index (χ1n) is 6.91. The molecule has 7 heteroatoms. The lowest BCUT2D eigenvalue weighted by atomic mass is 10.2. The van der Waals surface area contributed by atoms with Crippen molar-refractivity contribution in [3.8, 4) is 0 Å². The Morgan fingerprint density at radius 1 is 1.25 bits per heavy atom. The van der Waals surface area contributed by atoms with E-state index < -0.39 is 6.03 Å². The zero-order valence-corrected chi connectivity index (χ0v) is 11.9. The smallest absolute Gasteiger partial charge is 0.341 e. The first-order chi connectivity index (χ1) is 9.52. The molecule has 2 aliphatic heterocycles. The van der Waals surface area contributed by atoms with Gasteiger partial charge in [-0.15, -0.1) is 0 Å². The van der Waals surface area contributed by atoms with E-state index in [4.69, 9.17) is 24.7 Å². The Hall–Kier alpha value is -1.18. The molecule has 2 fully saturated rings. The molecule has 2 rings (SSSR count). The fourth-order valence-corrected chi connectivity index (χ4v) is 1.93. The number of hydrogen-bond donors (Lipinski definition) is 1. The van der Waals surface area contributed by atoms with Crippen LogP contribution in [0.3, 0.4) is 0 Å². The molecule has 0 radical (unpaired) electrons. The molecule has 0 aromatic carbocycles. The van der Waals surface area contributed by atoms with Gasteiger partial charge in [-0.3, -0.25) is 0 Å². The second-order valence-electron chi connectivity index (χ2n) is 5.28. The molecule has 0 saturated carbocycles. The van der Waals surface area contributed by atoms with E-state index in [2.05, 4.69) is 4.99 Å². The third kappa shape index (κ3) is 6.31. The molecular formula is C13H22N2O5. The molecule has 114 valence electrons. The number of aliphatic imine (C=N–C) groups is 1. The SMILES string of the molecule is CC(CC1CO1)OC/C(=N\C(N)=O)OC(C)CC1CO1. The normalized spacial score (nSPS) is 27.8. The van der Waals surface area contributed by atoms with E-state index in [0.29, 0.717) is 6.10 Å². The van der Waals surface area contributed by atoms with Crippen LogP contribution in [0.5, 0.6) is 0 Å². The fraction of sp³-hybridized carbons (Fsp3) is 0.846. The summed E-state index contributed by atoms with van der Waals surface area (Å²) in [5, 5.41) is 0. The van der Waals surface area contributed by atoms with Gasteiger partial charge in [0, 0.05) is 12.8 Å². The number of rotatable bonds is 8. The number of nitrogens with two attached hydrogens (primary N) is 1. The van der Waals surface area contributed by atoms with Gasteiger partial charge in [0.05, 0.1) is 37.6 Å². The Balaban J connectivity index is 1.74. The summed E-state index contributed by atoms with van der Waals surface area (Å²) in [5.74, 6) is 0.217. The second-order valence-corrected chi connectivity index (χ2v) is 5.28. The topological polar surface area (TPSA) is 99.0 Å². The van der Waals surface area contributed by atoms with Gasteiger partial charge in [-0.2, -0.15) is 4.99 Å². The molecule has 2 saturated heterocycles. The van der Waals surface area contributed by atoms with Gasteiger partial charge in [-0.25, -0.2) is 4.79 Å². The minimum atomic E-state index is -0.781. The zero-order chi connectivity index (χ0) is 14.5. The van der Waals surface area contributed by atoms with Crippen molar-refractivity contribution in [1.82, 2.24) is 0 Å². The first kappa shape index (κ1) is 15.2. The number of urea groups is 1. The number of hydrogen-bond acceptors (Lipinski definition) is 5. The second kappa shape index (κ2) is 7.01. The van der Waals surface area contributed by atoms with E-state index in [1.807, 2.05) is 13.8 Å². The summed E-state index contributed by atoms with van der Waals surface area (Å²) in [5.41, 5.74) is 5.07. The third-order valence-electron chi connectivity index (χ3n) is 3.06. The van der Waals surface area contributed by atoms with Crippen LogP contribution < -0.4 is 5.73 Å². The monoisotopic (exact) mass is 286 g/mol. The molecule has 7 nitrogen and oxygen atoms in total. The number of carbonyl (C=O) groups excluding carboxylic acids is 1. The van der Waals surface area contributed by atoms with E-state index >= 15 is 0 Å². The molecule has 2 amide bonds. The number of epoxide rings is 2. The predicted octanol–water partition coefficient (Wildman–Crippen LogP) is 0.852. The molecule has 2 N–H and O–H groups in total. The Kier molecular flexibility index (Phi) is 5.33. The summed E-state index contributed by atoms with van der Waals surface area (Å²) in [6, 6.07) is -0.781.